The number of nitrogens with zero attached hydrogens (tertiary/aromatic N) is 4. The topological polar surface area (TPSA) is 83.3 Å². The molecule has 7 nitrogen and oxygen atoms in total. The summed E-state index contributed by atoms with van der Waals surface area (Å²) < 4.78 is 128. The number of alkyl halides is 9. The predicted molar refractivity (Wildman–Crippen MR) is 145 cm³/mol. The van der Waals surface area contributed by atoms with Crippen LogP contribution in [0.4, 0.5) is 39.5 Å². The van der Waals surface area contributed by atoms with Crippen molar-refractivity contribution in [2.24, 2.45) is 16.7 Å². The highest BCUT2D eigenvalue weighted by molar-refractivity contribution is 5.78. The van der Waals surface area contributed by atoms with Gasteiger partial charge in [0.25, 0.3) is 0 Å². The van der Waals surface area contributed by atoms with Crippen LogP contribution in [0.3, 0.4) is 0 Å². The molecule has 3 rings (SSSR count). The largest absolute Gasteiger partial charge is 0.416 e. The summed E-state index contributed by atoms with van der Waals surface area (Å²) in [6, 6.07) is 3.90. The number of hydrogen-bond acceptors (Lipinski definition) is 5. The Morgan fingerprint density at radius 2 is 1.55 bits per heavy atom. The van der Waals surface area contributed by atoms with Gasteiger partial charge < -0.3 is 15.4 Å². The fourth-order valence-electron chi connectivity index (χ4n) is 5.50. The summed E-state index contributed by atoms with van der Waals surface area (Å²) in [6.07, 6.45) is -12.8. The molecule has 44 heavy (non-hydrogen) atoms. The second-order valence-corrected chi connectivity index (χ2v) is 10.6. The van der Waals surface area contributed by atoms with Gasteiger partial charge in [0.1, 0.15) is 0 Å². The molecule has 246 valence electrons. The van der Waals surface area contributed by atoms with Crippen LogP contribution in [0, 0.1) is 0 Å². The van der Waals surface area contributed by atoms with E-state index in [2.05, 4.69) is 10.0 Å². The maximum Gasteiger partial charge on any atom is 0.416 e. The molecule has 4 N–H and O–H groups in total. The predicted octanol–water partition coefficient (Wildman–Crippen LogP) is 6.34. The molecule has 0 saturated carbocycles. The van der Waals surface area contributed by atoms with Crippen molar-refractivity contribution >= 4 is 5.96 Å². The van der Waals surface area contributed by atoms with E-state index in [0.29, 0.717) is 37.3 Å². The van der Waals surface area contributed by atoms with Crippen LogP contribution in [0.15, 0.2) is 41.5 Å². The molecule has 2 aromatic rings. The van der Waals surface area contributed by atoms with Crippen LogP contribution in [-0.4, -0.2) is 54.2 Å². The maximum atomic E-state index is 13.8. The van der Waals surface area contributed by atoms with E-state index in [1.165, 1.54) is 13.1 Å². The molecule has 1 aliphatic rings. The zero-order valence-corrected chi connectivity index (χ0v) is 24.3. The second-order valence-electron chi connectivity index (χ2n) is 10.6. The first-order valence-electron chi connectivity index (χ1n) is 13.7. The van der Waals surface area contributed by atoms with E-state index in [1.807, 2.05) is 6.92 Å². The van der Waals surface area contributed by atoms with Crippen molar-refractivity contribution in [2.45, 2.75) is 69.9 Å². The third-order valence-electron chi connectivity index (χ3n) is 7.36. The highest BCUT2D eigenvalue weighted by Crippen LogP contribution is 2.39. The minimum Gasteiger partial charge on any atom is -0.383 e. The van der Waals surface area contributed by atoms with Gasteiger partial charge in [0.15, 0.2) is 0 Å². The van der Waals surface area contributed by atoms with Gasteiger partial charge in [0, 0.05) is 39.3 Å². The lowest BCUT2D eigenvalue weighted by molar-refractivity contribution is -0.143. The summed E-state index contributed by atoms with van der Waals surface area (Å²) in [5.41, 5.74) is 2.20. The smallest absolute Gasteiger partial charge is 0.383 e. The molecule has 1 saturated heterocycles. The summed E-state index contributed by atoms with van der Waals surface area (Å²) in [5.74, 6) is 5.13. The van der Waals surface area contributed by atoms with Crippen LogP contribution in [0.25, 0.3) is 0 Å². The molecule has 0 amide bonds. The third-order valence-corrected chi connectivity index (χ3v) is 7.36. The van der Waals surface area contributed by atoms with Crippen LogP contribution in [-0.2, 0) is 36.4 Å². The molecule has 2 aromatic carbocycles. The van der Waals surface area contributed by atoms with Gasteiger partial charge in [0.2, 0.25) is 5.96 Å². The Kier molecular flexibility index (Phi) is 11.1. The normalized spacial score (nSPS) is 17.7. The van der Waals surface area contributed by atoms with Gasteiger partial charge in [-0.25, -0.2) is 11.0 Å². The van der Waals surface area contributed by atoms with Crippen molar-refractivity contribution in [3.8, 4) is 0 Å². The van der Waals surface area contributed by atoms with Gasteiger partial charge in [-0.1, -0.05) is 13.0 Å². The zero-order chi connectivity index (χ0) is 33.0. The first-order chi connectivity index (χ1) is 20.3. The number of hydrazone groups is 1. The van der Waals surface area contributed by atoms with Crippen LogP contribution in [0.1, 0.15) is 65.6 Å². The number of guanidine groups is 1. The molecular formula is C28H35F9N6O. The van der Waals surface area contributed by atoms with E-state index in [0.717, 1.165) is 35.0 Å². The average molecular weight is 643 g/mol. The minimum absolute atomic E-state index is 0.000356. The summed E-state index contributed by atoms with van der Waals surface area (Å²) in [5, 5.41) is 4.59. The van der Waals surface area contributed by atoms with Crippen LogP contribution in [0.2, 0.25) is 0 Å². The Labute approximate surface area is 249 Å². The molecule has 2 atom stereocenters. The molecular weight excluding hydrogens is 607 g/mol. The molecule has 0 bridgehead atoms. The lowest BCUT2D eigenvalue weighted by Gasteiger charge is -2.35. The number of methoxy groups -OCH3 is 1. The van der Waals surface area contributed by atoms with Gasteiger partial charge in [-0.05, 0) is 72.8 Å². The molecule has 16 heteroatoms. The summed E-state index contributed by atoms with van der Waals surface area (Å²) in [6.45, 7) is 1.84. The first kappa shape index (κ1) is 35.2. The van der Waals surface area contributed by atoms with Crippen molar-refractivity contribution in [2.75, 3.05) is 27.3 Å². The molecule has 1 heterocycles. The van der Waals surface area contributed by atoms with Gasteiger partial charge in [-0.15, -0.1) is 5.10 Å². The highest BCUT2D eigenvalue weighted by Gasteiger charge is 2.38. The Hall–Kier alpha value is -3.24. The molecule has 0 aromatic heterocycles. The molecule has 1 aliphatic heterocycles. The Morgan fingerprint density at radius 1 is 0.955 bits per heavy atom. The van der Waals surface area contributed by atoms with E-state index in [9.17, 15) is 39.5 Å². The fraction of sp³-hybridized carbons (Fsp3) is 0.536. The molecule has 1 fully saturated rings. The van der Waals surface area contributed by atoms with Crippen molar-refractivity contribution in [1.82, 2.24) is 14.9 Å². The number of halogens is 9. The van der Waals surface area contributed by atoms with Crippen LogP contribution >= 0.6 is 0 Å². The van der Waals surface area contributed by atoms with E-state index in [-0.39, 0.29) is 23.7 Å². The molecule has 0 spiro atoms. The summed E-state index contributed by atoms with van der Waals surface area (Å²) >= 11 is 0. The Morgan fingerprint density at radius 3 is 2.05 bits per heavy atom. The van der Waals surface area contributed by atoms with E-state index < -0.39 is 59.8 Å². The van der Waals surface area contributed by atoms with Crippen LogP contribution in [0.5, 0.6) is 0 Å². The van der Waals surface area contributed by atoms with Crippen molar-refractivity contribution in [3.05, 3.63) is 69.8 Å². The second kappa shape index (κ2) is 13.8. The quantitative estimate of drug-likeness (QED) is 0.104. The standard InChI is InChI=1S/C28H35F9N6O/c1-4-24(43-9-5-6-22(43)16-44-3)23-8-7-19(26(29,30)31)12-18(23)15-42(25(38)40-41(2)39)14-17-10-20(27(32,33)34)13-21(11-17)28(35,36)37/h7-8,10-13,22,24H,4-6,9,14-16,39H2,1-3H3,(H2,38,40). The van der Waals surface area contributed by atoms with Crippen molar-refractivity contribution < 1.29 is 44.3 Å². The molecule has 0 radical (unpaired) electrons. The Balaban J connectivity index is 2.16. The van der Waals surface area contributed by atoms with E-state index >= 15 is 0 Å². The van der Waals surface area contributed by atoms with Gasteiger partial charge >= 0.3 is 18.5 Å². The van der Waals surface area contributed by atoms with Crippen molar-refractivity contribution in [3.63, 3.8) is 0 Å². The number of hydrazine groups is 1. The SMILES string of the molecule is CCC(c1ccc(C(F)(F)F)cc1CN(Cc1cc(C(F)(F)F)cc(C(F)(F)F)c1)/C(N)=N/N(C)N)N1CCCC1COC. The van der Waals surface area contributed by atoms with E-state index in [1.54, 1.807) is 7.11 Å². The number of likely N-dealkylation sites (tertiary alicyclic amines) is 1. The number of rotatable bonds is 10. The average Bonchev–Trinajstić information content (AvgIpc) is 3.35. The third kappa shape index (κ3) is 8.91. The maximum absolute atomic E-state index is 13.8. The highest BCUT2D eigenvalue weighted by atomic mass is 19.4. The first-order valence-corrected chi connectivity index (χ1v) is 13.7. The van der Waals surface area contributed by atoms with Gasteiger partial charge in [0.05, 0.1) is 23.3 Å². The zero-order valence-electron chi connectivity index (χ0n) is 24.3. The number of benzene rings is 2. The molecule has 2 unspecified atom stereocenters. The fourth-order valence-corrected chi connectivity index (χ4v) is 5.50. The van der Waals surface area contributed by atoms with E-state index in [4.69, 9.17) is 16.3 Å². The van der Waals surface area contributed by atoms with Crippen molar-refractivity contribution in [1.29, 1.82) is 0 Å². The monoisotopic (exact) mass is 642 g/mol. The lowest BCUT2D eigenvalue weighted by Crippen LogP contribution is -2.40. The molecule has 0 aliphatic carbocycles. The summed E-state index contributed by atoms with van der Waals surface area (Å²) in [7, 11) is 2.82. The van der Waals surface area contributed by atoms with Gasteiger partial charge in [-0.2, -0.15) is 39.5 Å². The number of ether oxygens (including phenoxy) is 1. The summed E-state index contributed by atoms with van der Waals surface area (Å²) in [4.78, 5) is 3.22. The number of hydrogen-bond donors (Lipinski definition) is 2. The van der Waals surface area contributed by atoms with Crippen LogP contribution < -0.4 is 11.6 Å². The lowest BCUT2D eigenvalue weighted by atomic mass is 9.93. The van der Waals surface area contributed by atoms with Gasteiger partial charge in [-0.3, -0.25) is 4.90 Å². The number of nitrogens with two attached hydrogens (primary N) is 2. The minimum atomic E-state index is -5.10. The Bertz CT molecular complexity index is 1260.